The van der Waals surface area contributed by atoms with Crippen LogP contribution in [0.5, 0.6) is 46.0 Å². The van der Waals surface area contributed by atoms with Crippen molar-refractivity contribution in [2.24, 2.45) is 0 Å². The van der Waals surface area contributed by atoms with Gasteiger partial charge < -0.3 is 59.8 Å². The van der Waals surface area contributed by atoms with E-state index < -0.39 is 77.3 Å². The number of hydrogen-bond acceptors (Lipinski definition) is 14. The molecule has 0 fully saturated rings. The van der Waals surface area contributed by atoms with Crippen LogP contribution in [0, 0.1) is 0 Å². The second-order valence-corrected chi connectivity index (χ2v) is 11.5. The number of phenols is 6. The van der Waals surface area contributed by atoms with Crippen LogP contribution < -0.4 is 9.47 Å². The molecule has 49 heavy (non-hydrogen) atoms. The van der Waals surface area contributed by atoms with Gasteiger partial charge in [0.05, 0.1) is 11.1 Å². The quantitative estimate of drug-likeness (QED) is 0.0704. The molecule has 0 saturated heterocycles. The van der Waals surface area contributed by atoms with Crippen molar-refractivity contribution in [3.63, 3.8) is 0 Å². The maximum atomic E-state index is 12.1. The highest BCUT2D eigenvalue weighted by Crippen LogP contribution is 2.37. The fourth-order valence-corrected chi connectivity index (χ4v) is 4.54. The van der Waals surface area contributed by atoms with Crippen molar-refractivity contribution >= 4 is 11.9 Å². The summed E-state index contributed by atoms with van der Waals surface area (Å²) < 4.78 is 21.2. The van der Waals surface area contributed by atoms with Crippen LogP contribution in [0.4, 0.5) is 0 Å². The Morgan fingerprint density at radius 1 is 0.551 bits per heavy atom. The number of aromatic hydroxyl groups is 6. The maximum absolute atomic E-state index is 12.1. The lowest BCUT2D eigenvalue weighted by molar-refractivity contribution is 0.0127. The Bertz CT molecular complexity index is 1590. The molecule has 14 nitrogen and oxygen atoms in total. The molecule has 0 bridgehead atoms. The number of aliphatic hydroxyl groups is 2. The van der Waals surface area contributed by atoms with E-state index in [-0.39, 0.29) is 24.3 Å². The third kappa shape index (κ3) is 9.15. The molecule has 8 N–H and O–H groups in total. The zero-order valence-electron chi connectivity index (χ0n) is 26.4. The average molecular weight is 681 g/mol. The van der Waals surface area contributed by atoms with Gasteiger partial charge in [0.1, 0.15) is 50.1 Å². The molecule has 4 aromatic carbocycles. The molecule has 2 atom stereocenters. The Hall–Kier alpha value is -5.86. The first kappa shape index (κ1) is 36.0. The van der Waals surface area contributed by atoms with Crippen LogP contribution >= 0.6 is 0 Å². The summed E-state index contributed by atoms with van der Waals surface area (Å²) in [7, 11) is 0. The van der Waals surface area contributed by atoms with E-state index in [1.165, 1.54) is 0 Å². The van der Waals surface area contributed by atoms with Crippen molar-refractivity contribution in [3.8, 4) is 46.0 Å². The van der Waals surface area contributed by atoms with E-state index in [1.807, 2.05) is 38.1 Å². The summed E-state index contributed by atoms with van der Waals surface area (Å²) in [6.07, 6.45) is -2.35. The Kier molecular flexibility index (Phi) is 11.3. The summed E-state index contributed by atoms with van der Waals surface area (Å²) in [5.41, 5.74) is 1.05. The molecule has 0 amide bonds. The van der Waals surface area contributed by atoms with Crippen molar-refractivity contribution in [3.05, 3.63) is 95.1 Å². The van der Waals surface area contributed by atoms with Gasteiger partial charge in [0.2, 0.25) is 0 Å². The number of carbonyl (C=O) groups is 2. The second-order valence-electron chi connectivity index (χ2n) is 11.5. The fourth-order valence-electron chi connectivity index (χ4n) is 4.54. The highest BCUT2D eigenvalue weighted by atomic mass is 16.6. The van der Waals surface area contributed by atoms with Crippen LogP contribution in [0.3, 0.4) is 0 Å². The van der Waals surface area contributed by atoms with E-state index >= 15 is 0 Å². The number of rotatable bonds is 14. The minimum Gasteiger partial charge on any atom is -0.504 e. The summed E-state index contributed by atoms with van der Waals surface area (Å²) in [6, 6.07) is 18.1. The third-order valence-electron chi connectivity index (χ3n) is 7.46. The minimum atomic E-state index is -1.17. The lowest BCUT2D eigenvalue weighted by atomic mass is 9.78. The van der Waals surface area contributed by atoms with E-state index in [9.17, 15) is 50.4 Å². The molecule has 2 unspecified atom stereocenters. The van der Waals surface area contributed by atoms with Crippen LogP contribution in [-0.2, 0) is 14.9 Å². The molecule has 0 radical (unpaired) electrons. The molecule has 0 heterocycles. The van der Waals surface area contributed by atoms with Gasteiger partial charge in [0.25, 0.3) is 0 Å². The van der Waals surface area contributed by atoms with Crippen LogP contribution in [0.2, 0.25) is 0 Å². The van der Waals surface area contributed by atoms with Crippen LogP contribution in [0.25, 0.3) is 0 Å². The van der Waals surface area contributed by atoms with E-state index in [0.717, 1.165) is 35.4 Å². The Morgan fingerprint density at radius 3 is 1.16 bits per heavy atom. The standard InChI is InChI=1S/C35H36O14/c1-35(2,21-3-7-25(8-4-21)46-15-23(36)17-48-33(44)19-11-27(38)31(42)28(39)12-19)22-5-9-26(10-6-22)47-16-24(37)18-49-34(45)20-13-29(40)32(43)30(41)14-20/h3-14,23-24,36-43H,15-18H2,1-2H3. The fraction of sp³-hybridized carbons (Fsp3) is 0.257. The molecule has 0 aliphatic heterocycles. The molecule has 260 valence electrons. The predicted octanol–water partition coefficient (Wildman–Crippen LogP) is 3.44. The summed E-state index contributed by atoms with van der Waals surface area (Å²) in [4.78, 5) is 24.3. The summed E-state index contributed by atoms with van der Waals surface area (Å²) in [6.45, 7) is 2.84. The van der Waals surface area contributed by atoms with Gasteiger partial charge in [-0.2, -0.15) is 0 Å². The number of aliphatic hydroxyl groups excluding tert-OH is 2. The summed E-state index contributed by atoms with van der Waals surface area (Å²) in [5.74, 6) is -5.23. The molecule has 0 aromatic heterocycles. The number of ether oxygens (including phenoxy) is 4. The summed E-state index contributed by atoms with van der Waals surface area (Å²) in [5, 5.41) is 77.3. The summed E-state index contributed by atoms with van der Waals surface area (Å²) >= 11 is 0. The molecule has 4 aromatic rings. The average Bonchev–Trinajstić information content (AvgIpc) is 3.08. The number of benzene rings is 4. The molecule has 14 heteroatoms. The van der Waals surface area contributed by atoms with E-state index in [0.29, 0.717) is 11.5 Å². The van der Waals surface area contributed by atoms with Gasteiger partial charge in [0, 0.05) is 5.41 Å². The van der Waals surface area contributed by atoms with Gasteiger partial charge in [0.15, 0.2) is 34.5 Å². The molecule has 0 aliphatic carbocycles. The van der Waals surface area contributed by atoms with Gasteiger partial charge in [-0.05, 0) is 59.7 Å². The SMILES string of the molecule is CC(C)(c1ccc(OCC(O)COC(=O)c2cc(O)c(O)c(O)c2)cc1)c1ccc(OCC(O)COC(=O)c2cc(O)c(O)c(O)c2)cc1. The lowest BCUT2D eigenvalue weighted by Gasteiger charge is -2.26. The normalized spacial score (nSPS) is 12.5. The van der Waals surface area contributed by atoms with Crippen LogP contribution in [0.1, 0.15) is 45.7 Å². The first-order chi connectivity index (χ1) is 23.1. The lowest BCUT2D eigenvalue weighted by Crippen LogP contribution is -2.25. The Labute approximate surface area is 280 Å². The molecule has 0 aliphatic rings. The molecule has 4 rings (SSSR count). The number of hydrogen-bond donors (Lipinski definition) is 8. The largest absolute Gasteiger partial charge is 0.504 e. The first-order valence-corrected chi connectivity index (χ1v) is 14.8. The van der Waals surface area contributed by atoms with E-state index in [2.05, 4.69) is 0 Å². The predicted molar refractivity (Wildman–Crippen MR) is 171 cm³/mol. The minimum absolute atomic E-state index is 0.186. The van der Waals surface area contributed by atoms with Crippen molar-refractivity contribution in [1.29, 1.82) is 0 Å². The van der Waals surface area contributed by atoms with E-state index in [4.69, 9.17) is 18.9 Å². The van der Waals surface area contributed by atoms with Crippen molar-refractivity contribution in [1.82, 2.24) is 0 Å². The number of esters is 2. The van der Waals surface area contributed by atoms with Gasteiger partial charge in [-0.15, -0.1) is 0 Å². The molecule has 0 spiro atoms. The van der Waals surface area contributed by atoms with Crippen molar-refractivity contribution < 1.29 is 69.4 Å². The molecular formula is C35H36O14. The third-order valence-corrected chi connectivity index (χ3v) is 7.46. The van der Waals surface area contributed by atoms with Gasteiger partial charge in [-0.25, -0.2) is 9.59 Å². The second kappa shape index (κ2) is 15.4. The maximum Gasteiger partial charge on any atom is 0.338 e. The molecular weight excluding hydrogens is 644 g/mol. The zero-order chi connectivity index (χ0) is 35.9. The van der Waals surface area contributed by atoms with Gasteiger partial charge in [-0.1, -0.05) is 38.1 Å². The van der Waals surface area contributed by atoms with Gasteiger partial charge in [-0.3, -0.25) is 0 Å². The number of carbonyl (C=O) groups excluding carboxylic acids is 2. The number of phenolic OH excluding ortho intramolecular Hbond substituents is 6. The van der Waals surface area contributed by atoms with Gasteiger partial charge >= 0.3 is 11.9 Å². The molecule has 0 saturated carbocycles. The van der Waals surface area contributed by atoms with Crippen LogP contribution in [-0.4, -0.2) is 91.4 Å². The Balaban J connectivity index is 1.22. The highest BCUT2D eigenvalue weighted by Gasteiger charge is 2.24. The smallest absolute Gasteiger partial charge is 0.338 e. The monoisotopic (exact) mass is 680 g/mol. The van der Waals surface area contributed by atoms with Crippen molar-refractivity contribution in [2.45, 2.75) is 31.5 Å². The van der Waals surface area contributed by atoms with E-state index in [1.54, 1.807) is 24.3 Å². The highest BCUT2D eigenvalue weighted by molar-refractivity contribution is 5.91. The van der Waals surface area contributed by atoms with Crippen LogP contribution in [0.15, 0.2) is 72.8 Å². The first-order valence-electron chi connectivity index (χ1n) is 14.8. The zero-order valence-corrected chi connectivity index (χ0v) is 26.4. The van der Waals surface area contributed by atoms with Crippen molar-refractivity contribution in [2.75, 3.05) is 26.4 Å². The topological polar surface area (TPSA) is 233 Å². The Morgan fingerprint density at radius 2 is 0.857 bits per heavy atom.